The Morgan fingerprint density at radius 3 is 2.62 bits per heavy atom. The predicted octanol–water partition coefficient (Wildman–Crippen LogP) is 6.34. The Balaban J connectivity index is 1.61. The lowest BCUT2D eigenvalue weighted by Gasteiger charge is -2.42. The van der Waals surface area contributed by atoms with Crippen molar-refractivity contribution in [2.24, 2.45) is 0 Å². The Hall–Kier alpha value is -1.13. The van der Waals surface area contributed by atoms with E-state index in [1.807, 2.05) is 41.7 Å². The highest BCUT2D eigenvalue weighted by Crippen LogP contribution is 2.52. The molecule has 2 nitrogen and oxygen atoms in total. The fourth-order valence-electron chi connectivity index (χ4n) is 4.92. The maximum absolute atomic E-state index is 6.20. The third-order valence-corrected chi connectivity index (χ3v) is 7.83. The maximum atomic E-state index is 6.20. The second-order valence-electron chi connectivity index (χ2n) is 7.55. The topological polar surface area (TPSA) is 16.1 Å². The number of hydrogen-bond donors (Lipinski definition) is 0. The van der Waals surface area contributed by atoms with Crippen LogP contribution in [0.15, 0.2) is 42.5 Å². The van der Waals surface area contributed by atoms with Crippen molar-refractivity contribution in [3.8, 4) is 0 Å². The van der Waals surface area contributed by atoms with Crippen LogP contribution in [0.4, 0.5) is 0 Å². The molecule has 2 aliphatic heterocycles. The molecule has 3 heterocycles. The van der Waals surface area contributed by atoms with E-state index in [0.29, 0.717) is 23.9 Å². The van der Waals surface area contributed by atoms with E-state index in [4.69, 9.17) is 28.2 Å². The van der Waals surface area contributed by atoms with Gasteiger partial charge >= 0.3 is 0 Å². The van der Waals surface area contributed by atoms with Crippen LogP contribution in [-0.2, 0) is 0 Å². The molecule has 2 unspecified atom stereocenters. The van der Waals surface area contributed by atoms with E-state index < -0.39 is 0 Å². The van der Waals surface area contributed by atoms with E-state index in [1.54, 1.807) is 0 Å². The fourth-order valence-corrected chi connectivity index (χ4v) is 6.51. The van der Waals surface area contributed by atoms with Crippen LogP contribution in [0.5, 0.6) is 0 Å². The van der Waals surface area contributed by atoms with Gasteiger partial charge in [0.1, 0.15) is 0 Å². The molecule has 3 aromatic rings. The zero-order chi connectivity index (χ0) is 17.8. The van der Waals surface area contributed by atoms with E-state index in [9.17, 15) is 0 Å². The van der Waals surface area contributed by atoms with Crippen LogP contribution in [0, 0.1) is 0 Å². The molecule has 0 N–H and O–H groups in total. The van der Waals surface area contributed by atoms with E-state index in [2.05, 4.69) is 24.1 Å². The van der Waals surface area contributed by atoms with Gasteiger partial charge in [0.2, 0.25) is 0 Å². The lowest BCUT2D eigenvalue weighted by Crippen LogP contribution is -2.44. The minimum absolute atomic E-state index is 0.427. The van der Waals surface area contributed by atoms with Crippen molar-refractivity contribution in [3.05, 3.63) is 63.1 Å². The number of piperidine rings is 1. The van der Waals surface area contributed by atoms with E-state index in [-0.39, 0.29) is 0 Å². The van der Waals surface area contributed by atoms with Gasteiger partial charge in [0.15, 0.2) is 0 Å². The normalized spacial score (nSPS) is 28.7. The summed E-state index contributed by atoms with van der Waals surface area (Å²) in [5, 5.41) is 2.83. The smallest absolute Gasteiger partial charge is 0.0991 e. The Morgan fingerprint density at radius 1 is 1.04 bits per heavy atom. The SMILES string of the molecule is CN1C2CC[C@@H]1CC(c1ccc(Cl)cc1)[C@@H]2c1nc2ccc(Cl)cc2s1. The van der Waals surface area contributed by atoms with Crippen molar-refractivity contribution in [1.29, 1.82) is 0 Å². The molecule has 0 radical (unpaired) electrons. The summed E-state index contributed by atoms with van der Waals surface area (Å²) in [5.74, 6) is 0.924. The lowest BCUT2D eigenvalue weighted by molar-refractivity contribution is 0.137. The van der Waals surface area contributed by atoms with Gasteiger partial charge in [-0.1, -0.05) is 35.3 Å². The summed E-state index contributed by atoms with van der Waals surface area (Å²) in [6.07, 6.45) is 3.74. The van der Waals surface area contributed by atoms with Crippen LogP contribution in [0.2, 0.25) is 10.0 Å². The highest BCUT2D eigenvalue weighted by atomic mass is 35.5. The number of hydrogen-bond acceptors (Lipinski definition) is 3. The summed E-state index contributed by atoms with van der Waals surface area (Å²) in [5.41, 5.74) is 2.45. The number of likely N-dealkylation sites (N-methyl/N-ethyl adjacent to an activating group) is 1. The fraction of sp³-hybridized carbons (Fsp3) is 0.381. The molecule has 134 valence electrons. The van der Waals surface area contributed by atoms with Crippen molar-refractivity contribution >= 4 is 44.8 Å². The van der Waals surface area contributed by atoms with E-state index >= 15 is 0 Å². The van der Waals surface area contributed by atoms with Gasteiger partial charge in [0, 0.05) is 28.0 Å². The number of rotatable bonds is 2. The third-order valence-electron chi connectivity index (χ3n) is 6.22. The minimum Gasteiger partial charge on any atom is -0.300 e. The number of thiazole rings is 1. The van der Waals surface area contributed by atoms with Crippen LogP contribution < -0.4 is 0 Å². The van der Waals surface area contributed by atoms with Gasteiger partial charge in [-0.05, 0) is 68.1 Å². The highest BCUT2D eigenvalue weighted by Gasteiger charge is 2.47. The van der Waals surface area contributed by atoms with Crippen molar-refractivity contribution in [3.63, 3.8) is 0 Å². The van der Waals surface area contributed by atoms with Crippen molar-refractivity contribution in [2.45, 2.75) is 43.2 Å². The number of nitrogens with zero attached hydrogens (tertiary/aromatic N) is 2. The molecular formula is C21H20Cl2N2S. The Bertz CT molecular complexity index is 952. The lowest BCUT2D eigenvalue weighted by atomic mass is 9.76. The van der Waals surface area contributed by atoms with Gasteiger partial charge in [-0.3, -0.25) is 4.90 Å². The summed E-state index contributed by atoms with van der Waals surface area (Å²) in [7, 11) is 2.29. The molecule has 2 aliphatic rings. The summed E-state index contributed by atoms with van der Waals surface area (Å²) >= 11 is 14.1. The van der Waals surface area contributed by atoms with Gasteiger partial charge in [0.25, 0.3) is 0 Å². The van der Waals surface area contributed by atoms with Gasteiger partial charge in [-0.15, -0.1) is 11.3 Å². The first-order valence-electron chi connectivity index (χ1n) is 9.13. The molecule has 0 amide bonds. The highest BCUT2D eigenvalue weighted by molar-refractivity contribution is 7.18. The summed E-state index contributed by atoms with van der Waals surface area (Å²) in [4.78, 5) is 7.62. The van der Waals surface area contributed by atoms with Gasteiger partial charge in [-0.2, -0.15) is 0 Å². The van der Waals surface area contributed by atoms with E-state index in [1.165, 1.54) is 34.5 Å². The first-order chi connectivity index (χ1) is 12.6. The second kappa shape index (κ2) is 6.49. The van der Waals surface area contributed by atoms with E-state index in [0.717, 1.165) is 15.6 Å². The molecule has 2 fully saturated rings. The first kappa shape index (κ1) is 17.0. The second-order valence-corrected chi connectivity index (χ2v) is 9.48. The average molecular weight is 403 g/mol. The number of halogens is 2. The molecule has 2 bridgehead atoms. The van der Waals surface area contributed by atoms with Crippen molar-refractivity contribution in [2.75, 3.05) is 7.05 Å². The molecule has 0 aliphatic carbocycles. The minimum atomic E-state index is 0.427. The maximum Gasteiger partial charge on any atom is 0.0991 e. The zero-order valence-electron chi connectivity index (χ0n) is 14.5. The summed E-state index contributed by atoms with van der Waals surface area (Å²) < 4.78 is 1.19. The number of benzene rings is 2. The van der Waals surface area contributed by atoms with Gasteiger partial charge in [-0.25, -0.2) is 4.98 Å². The van der Waals surface area contributed by atoms with Gasteiger partial charge in [0.05, 0.1) is 15.2 Å². The molecule has 0 saturated carbocycles. The summed E-state index contributed by atoms with van der Waals surface area (Å²) in [6, 6.07) is 15.7. The summed E-state index contributed by atoms with van der Waals surface area (Å²) in [6.45, 7) is 0. The van der Waals surface area contributed by atoms with Crippen LogP contribution in [0.1, 0.15) is 41.7 Å². The van der Waals surface area contributed by atoms with Crippen LogP contribution in [-0.4, -0.2) is 29.0 Å². The van der Waals surface area contributed by atoms with Crippen LogP contribution in [0.3, 0.4) is 0 Å². The monoisotopic (exact) mass is 402 g/mol. The standard InChI is InChI=1S/C21H20Cl2N2S/c1-25-15-7-9-18(25)20(16(11-15)12-2-4-13(22)5-3-12)21-24-17-8-6-14(23)10-19(17)26-21/h2-6,8,10,15-16,18,20H,7,9,11H2,1H3/t15-,16?,18?,20+/m1/s1. The predicted molar refractivity (Wildman–Crippen MR) is 111 cm³/mol. The Morgan fingerprint density at radius 2 is 1.81 bits per heavy atom. The number of aromatic nitrogens is 1. The third kappa shape index (κ3) is 2.77. The quantitative estimate of drug-likeness (QED) is 0.497. The molecule has 0 spiro atoms. The van der Waals surface area contributed by atoms with Crippen molar-refractivity contribution < 1.29 is 0 Å². The molecule has 4 atom stereocenters. The largest absolute Gasteiger partial charge is 0.300 e. The van der Waals surface area contributed by atoms with Crippen LogP contribution in [0.25, 0.3) is 10.2 Å². The molecule has 5 heteroatoms. The zero-order valence-corrected chi connectivity index (χ0v) is 16.9. The van der Waals surface area contributed by atoms with Gasteiger partial charge < -0.3 is 0 Å². The molecule has 2 aromatic carbocycles. The molecule has 2 saturated heterocycles. The average Bonchev–Trinajstić information content (AvgIpc) is 3.13. The molecule has 1 aromatic heterocycles. The Kier molecular flexibility index (Phi) is 4.24. The molecular weight excluding hydrogens is 383 g/mol. The van der Waals surface area contributed by atoms with Crippen LogP contribution >= 0.6 is 34.5 Å². The Labute approximate surface area is 167 Å². The van der Waals surface area contributed by atoms with Crippen molar-refractivity contribution in [1.82, 2.24) is 9.88 Å². The molecule has 5 rings (SSSR count). The molecule has 26 heavy (non-hydrogen) atoms. The number of fused-ring (bicyclic) bond motifs is 3. The first-order valence-corrected chi connectivity index (χ1v) is 10.7.